The Bertz CT molecular complexity index is 1020. The van der Waals surface area contributed by atoms with Gasteiger partial charge in [-0.3, -0.25) is 0 Å². The van der Waals surface area contributed by atoms with Crippen LogP contribution in [0.3, 0.4) is 0 Å². The van der Waals surface area contributed by atoms with Crippen molar-refractivity contribution in [1.82, 2.24) is 9.97 Å². The molecule has 2 aromatic carbocycles. The fourth-order valence-corrected chi connectivity index (χ4v) is 3.83. The lowest BCUT2D eigenvalue weighted by atomic mass is 9.93. The largest absolute Gasteiger partial charge is 0.394 e. The summed E-state index contributed by atoms with van der Waals surface area (Å²) < 4.78 is 13.6. The molecule has 1 aliphatic heterocycles. The second-order valence-corrected chi connectivity index (χ2v) is 7.18. The highest BCUT2D eigenvalue weighted by Crippen LogP contribution is 2.36. The Morgan fingerprint density at radius 1 is 1.19 bits per heavy atom. The van der Waals surface area contributed by atoms with E-state index in [2.05, 4.69) is 36.7 Å². The maximum Gasteiger partial charge on any atom is 0.161 e. The van der Waals surface area contributed by atoms with Gasteiger partial charge in [0.1, 0.15) is 5.82 Å². The number of fused-ring (bicyclic) bond motifs is 1. The molecule has 27 heavy (non-hydrogen) atoms. The van der Waals surface area contributed by atoms with Crippen LogP contribution in [0, 0.1) is 19.7 Å². The van der Waals surface area contributed by atoms with Gasteiger partial charge in [0.15, 0.2) is 11.6 Å². The molecule has 0 fully saturated rings. The maximum absolute atomic E-state index is 13.6. The number of aromatic nitrogens is 2. The summed E-state index contributed by atoms with van der Waals surface area (Å²) in [5.74, 6) is 1.23. The van der Waals surface area contributed by atoms with E-state index in [0.29, 0.717) is 11.5 Å². The summed E-state index contributed by atoms with van der Waals surface area (Å²) in [6.45, 7) is 7.01. The minimum Gasteiger partial charge on any atom is -0.394 e. The summed E-state index contributed by atoms with van der Waals surface area (Å²) in [6.07, 6.45) is 2.45. The van der Waals surface area contributed by atoms with Crippen LogP contribution in [-0.2, 0) is 6.42 Å². The molecule has 2 heterocycles. The highest BCUT2D eigenvalue weighted by atomic mass is 19.1. The Hall–Kier alpha value is -2.95. The summed E-state index contributed by atoms with van der Waals surface area (Å²) in [4.78, 5) is 11.5. The van der Waals surface area contributed by atoms with Crippen LogP contribution in [0.15, 0.2) is 42.6 Å². The van der Waals surface area contributed by atoms with Gasteiger partial charge in [0, 0.05) is 12.1 Å². The van der Waals surface area contributed by atoms with Crippen molar-refractivity contribution < 1.29 is 4.39 Å². The molecule has 1 atom stereocenters. The summed E-state index contributed by atoms with van der Waals surface area (Å²) in [6, 6.07) is 11.2. The fourth-order valence-electron chi connectivity index (χ4n) is 3.83. The first-order valence-electron chi connectivity index (χ1n) is 9.20. The van der Waals surface area contributed by atoms with Crippen molar-refractivity contribution in [3.63, 3.8) is 0 Å². The Morgan fingerprint density at radius 2 is 2.00 bits per heavy atom. The number of hydrogen-bond donors (Lipinski definition) is 1. The van der Waals surface area contributed by atoms with Crippen molar-refractivity contribution in [2.24, 2.45) is 0 Å². The molecule has 1 unspecified atom stereocenters. The Labute approximate surface area is 158 Å². The van der Waals surface area contributed by atoms with Crippen molar-refractivity contribution >= 4 is 11.5 Å². The normalized spacial score (nSPS) is 16.3. The van der Waals surface area contributed by atoms with E-state index in [-0.39, 0.29) is 11.9 Å². The summed E-state index contributed by atoms with van der Waals surface area (Å²) in [7, 11) is 0. The number of aryl methyl sites for hydroxylation is 1. The van der Waals surface area contributed by atoms with Crippen molar-refractivity contribution in [3.8, 4) is 11.4 Å². The van der Waals surface area contributed by atoms with Crippen LogP contribution in [0.2, 0.25) is 0 Å². The summed E-state index contributed by atoms with van der Waals surface area (Å²) in [5.41, 5.74) is 12.4. The fraction of sp³-hybridized carbons (Fsp3) is 0.273. The second-order valence-electron chi connectivity index (χ2n) is 7.18. The zero-order chi connectivity index (χ0) is 19.1. The number of rotatable bonds is 2. The van der Waals surface area contributed by atoms with Crippen molar-refractivity contribution in [2.75, 3.05) is 17.2 Å². The molecule has 0 aliphatic carbocycles. The topological polar surface area (TPSA) is 55.0 Å². The van der Waals surface area contributed by atoms with Gasteiger partial charge in [-0.1, -0.05) is 24.3 Å². The number of benzene rings is 2. The van der Waals surface area contributed by atoms with Gasteiger partial charge in [-0.2, -0.15) is 0 Å². The van der Waals surface area contributed by atoms with E-state index in [0.717, 1.165) is 35.5 Å². The molecular formula is C22H23FN4. The smallest absolute Gasteiger partial charge is 0.161 e. The molecule has 4 rings (SSSR count). The van der Waals surface area contributed by atoms with Gasteiger partial charge in [-0.05, 0) is 61.6 Å². The molecule has 0 saturated heterocycles. The highest BCUT2D eigenvalue weighted by Gasteiger charge is 2.27. The van der Waals surface area contributed by atoms with Crippen LogP contribution in [0.4, 0.5) is 15.9 Å². The molecule has 3 aromatic rings. The second kappa shape index (κ2) is 6.65. The number of anilines is 2. The van der Waals surface area contributed by atoms with E-state index in [1.807, 2.05) is 18.2 Å². The van der Waals surface area contributed by atoms with Crippen LogP contribution in [-0.4, -0.2) is 16.5 Å². The van der Waals surface area contributed by atoms with Crippen molar-refractivity contribution in [2.45, 2.75) is 33.2 Å². The van der Waals surface area contributed by atoms with Gasteiger partial charge in [-0.15, -0.1) is 0 Å². The third-order valence-electron chi connectivity index (χ3n) is 5.56. The lowest BCUT2D eigenvalue weighted by Crippen LogP contribution is -2.35. The van der Waals surface area contributed by atoms with Crippen LogP contribution < -0.4 is 10.6 Å². The number of halogens is 1. The zero-order valence-electron chi connectivity index (χ0n) is 15.8. The zero-order valence-corrected chi connectivity index (χ0v) is 15.8. The van der Waals surface area contributed by atoms with Crippen LogP contribution in [0.5, 0.6) is 0 Å². The number of nitrogens with two attached hydrogens (primary N) is 1. The lowest BCUT2D eigenvalue weighted by molar-refractivity contribution is 0.594. The number of nitrogen functional groups attached to an aromatic ring is 1. The van der Waals surface area contributed by atoms with Gasteiger partial charge in [0.2, 0.25) is 0 Å². The first kappa shape index (κ1) is 17.5. The molecule has 5 heteroatoms. The van der Waals surface area contributed by atoms with E-state index in [1.54, 1.807) is 12.3 Å². The Morgan fingerprint density at radius 3 is 2.81 bits per heavy atom. The van der Waals surface area contributed by atoms with Gasteiger partial charge in [-0.25, -0.2) is 14.4 Å². The molecule has 1 aliphatic rings. The van der Waals surface area contributed by atoms with Crippen molar-refractivity contribution in [1.29, 1.82) is 0 Å². The molecule has 4 nitrogen and oxygen atoms in total. The van der Waals surface area contributed by atoms with E-state index in [4.69, 9.17) is 10.7 Å². The molecule has 0 saturated carbocycles. The predicted octanol–water partition coefficient (Wildman–Crippen LogP) is 4.61. The van der Waals surface area contributed by atoms with Gasteiger partial charge < -0.3 is 10.6 Å². The maximum atomic E-state index is 13.6. The molecular weight excluding hydrogens is 339 g/mol. The lowest BCUT2D eigenvalue weighted by Gasteiger charge is -2.36. The van der Waals surface area contributed by atoms with E-state index >= 15 is 0 Å². The van der Waals surface area contributed by atoms with Gasteiger partial charge in [0.05, 0.1) is 17.9 Å². The summed E-state index contributed by atoms with van der Waals surface area (Å²) in [5, 5.41) is 0. The predicted molar refractivity (Wildman–Crippen MR) is 107 cm³/mol. The quantitative estimate of drug-likeness (QED) is 0.723. The molecule has 0 spiro atoms. The highest BCUT2D eigenvalue weighted by molar-refractivity contribution is 5.69. The van der Waals surface area contributed by atoms with E-state index < -0.39 is 0 Å². The van der Waals surface area contributed by atoms with Crippen LogP contribution in [0.25, 0.3) is 11.4 Å². The van der Waals surface area contributed by atoms with E-state index in [9.17, 15) is 4.39 Å². The minimum atomic E-state index is -0.187. The first-order valence-corrected chi connectivity index (χ1v) is 9.20. The van der Waals surface area contributed by atoms with Gasteiger partial charge in [0.25, 0.3) is 0 Å². The average molecular weight is 362 g/mol. The van der Waals surface area contributed by atoms with Crippen molar-refractivity contribution in [3.05, 3.63) is 70.7 Å². The van der Waals surface area contributed by atoms with Crippen LogP contribution >= 0.6 is 0 Å². The third kappa shape index (κ3) is 3.03. The van der Waals surface area contributed by atoms with Gasteiger partial charge >= 0.3 is 0 Å². The standard InChI is InChI=1S/C22H23FN4/c1-13-5-4-6-18(14(13)2)21-25-12-20(24)22(26-21)27-10-9-16-11-17(23)7-8-19(16)15(27)3/h4-8,11-12,15H,9-10,24H2,1-3H3. The third-order valence-corrected chi connectivity index (χ3v) is 5.56. The SMILES string of the molecule is Cc1cccc(-c2ncc(N)c(N3CCc4cc(F)ccc4C3C)n2)c1C. The Kier molecular flexibility index (Phi) is 4.30. The molecule has 138 valence electrons. The number of nitrogens with zero attached hydrogens (tertiary/aromatic N) is 3. The first-order chi connectivity index (χ1) is 13.0. The number of hydrogen-bond acceptors (Lipinski definition) is 4. The monoisotopic (exact) mass is 362 g/mol. The molecule has 2 N–H and O–H groups in total. The Balaban J connectivity index is 1.76. The summed E-state index contributed by atoms with van der Waals surface area (Å²) >= 11 is 0. The van der Waals surface area contributed by atoms with Crippen LogP contribution in [0.1, 0.15) is 35.2 Å². The molecule has 0 amide bonds. The average Bonchev–Trinajstić information content (AvgIpc) is 2.65. The molecule has 0 radical (unpaired) electrons. The van der Waals surface area contributed by atoms with E-state index in [1.165, 1.54) is 17.2 Å². The molecule has 1 aromatic heterocycles. The molecule has 0 bridgehead atoms. The minimum absolute atomic E-state index is 0.0676.